The lowest BCUT2D eigenvalue weighted by Gasteiger charge is -2.41. The van der Waals surface area contributed by atoms with Crippen LogP contribution in [0.1, 0.15) is 195 Å². The number of aryl methyl sites for hydroxylation is 2. The molecule has 16 aromatic carbocycles. The molecular formula is C130H120B2N6OS3. The second-order valence-electron chi connectivity index (χ2n) is 47.9. The van der Waals surface area contributed by atoms with Crippen molar-refractivity contribution in [3.05, 3.63) is 359 Å². The van der Waals surface area contributed by atoms with E-state index in [4.69, 9.17) is 4.42 Å². The van der Waals surface area contributed by atoms with Gasteiger partial charge in [-0.1, -0.05) is 303 Å². The maximum Gasteiger partial charge on any atom is 0.252 e. The van der Waals surface area contributed by atoms with E-state index in [9.17, 15) is 0 Å². The Morgan fingerprint density at radius 1 is 0.239 bits per heavy atom. The Kier molecular flexibility index (Phi) is 19.9. The van der Waals surface area contributed by atoms with Gasteiger partial charge in [0.1, 0.15) is 5.58 Å². The van der Waals surface area contributed by atoms with Gasteiger partial charge >= 0.3 is 0 Å². The summed E-state index contributed by atoms with van der Waals surface area (Å²) in [6.45, 7) is 53.1. The van der Waals surface area contributed by atoms with Crippen LogP contribution in [0.3, 0.4) is 0 Å². The Hall–Kier alpha value is -13.6. The van der Waals surface area contributed by atoms with E-state index < -0.39 is 0 Å². The molecule has 0 saturated carbocycles. The molecule has 142 heavy (non-hydrogen) atoms. The molecule has 10 heterocycles. The average molecular weight is 1900 g/mol. The summed E-state index contributed by atoms with van der Waals surface area (Å²) in [6, 6.07) is 119. The van der Waals surface area contributed by atoms with E-state index in [-0.39, 0.29) is 51.3 Å². The third kappa shape index (κ3) is 14.0. The van der Waals surface area contributed by atoms with Crippen LogP contribution in [0.4, 0.5) is 68.2 Å². The quantitative estimate of drug-likeness (QED) is 0.142. The molecule has 0 bridgehead atoms. The zero-order valence-corrected chi connectivity index (χ0v) is 88.4. The van der Waals surface area contributed by atoms with E-state index in [1.165, 1.54) is 200 Å². The number of nitrogens with zero attached hydrogens (tertiary/aromatic N) is 6. The smallest absolute Gasteiger partial charge is 0.252 e. The van der Waals surface area contributed by atoms with Crippen LogP contribution in [0, 0.1) is 13.8 Å². The number of para-hydroxylation sites is 1. The van der Waals surface area contributed by atoms with E-state index in [1.54, 1.807) is 0 Å². The molecule has 0 amide bonds. The highest BCUT2D eigenvalue weighted by atomic mass is 32.1. The summed E-state index contributed by atoms with van der Waals surface area (Å²) >= 11 is 5.77. The number of fused-ring (bicyclic) bond motifs is 24. The fourth-order valence-corrected chi connectivity index (χ4v) is 27.1. The molecule has 7 nitrogen and oxygen atoms in total. The summed E-state index contributed by atoms with van der Waals surface area (Å²) in [6.07, 6.45) is 0. The molecule has 26 rings (SSSR count). The highest BCUT2D eigenvalue weighted by molar-refractivity contribution is 7.27. The molecule has 0 radical (unpaired) electrons. The number of thiophene rings is 3. The number of hydrogen-bond donors (Lipinski definition) is 0. The molecule has 6 aromatic heterocycles. The van der Waals surface area contributed by atoms with Gasteiger partial charge in [-0.25, -0.2) is 0 Å². The van der Waals surface area contributed by atoms with Gasteiger partial charge < -0.3 is 33.2 Å². The number of hydrogen-bond acceptors (Lipinski definition) is 8. The first-order chi connectivity index (χ1) is 67.7. The van der Waals surface area contributed by atoms with Gasteiger partial charge in [-0.05, 0) is 286 Å². The molecule has 0 N–H and O–H groups in total. The van der Waals surface area contributed by atoms with Crippen molar-refractivity contribution in [2.24, 2.45) is 0 Å². The zero-order valence-electron chi connectivity index (χ0n) is 85.9. The molecule has 0 saturated heterocycles. The first kappa shape index (κ1) is 89.7. The summed E-state index contributed by atoms with van der Waals surface area (Å²) in [7, 11) is 0. The lowest BCUT2D eigenvalue weighted by Crippen LogP contribution is -2.60. The van der Waals surface area contributed by atoms with Crippen LogP contribution in [0.25, 0.3) is 116 Å². The molecule has 700 valence electrons. The number of benzene rings is 16. The van der Waals surface area contributed by atoms with E-state index in [0.717, 1.165) is 67.4 Å². The molecule has 22 aromatic rings. The summed E-state index contributed by atoms with van der Waals surface area (Å²) in [5.74, 6) is 0. The minimum atomic E-state index is -0.0745. The van der Waals surface area contributed by atoms with Crippen LogP contribution in [0.15, 0.2) is 314 Å². The molecule has 12 heteroatoms. The monoisotopic (exact) mass is 1900 g/mol. The SMILES string of the molecule is Cc1cc2c3c(c1)-n1c4c(cc(C(C)(C)C)cc4c4sc5ccccc5c41)B3c1ccc(N(c3ccc(C(C)(C)C)cc3)c3ccc(C(C)(C)C)cc3)cc1N2c1cccc2c1oc1cc(C(C)(C)C)ccc12.Cc1cc2c3c(c1)-n1c4c(cc(C(C)(C)C)cc4c4sc5ccccc5c41)B3c1ccc(N(c3ccc(C(C)(C)C)cc3)c3ccc(C(C)(C)C)cc3)cc1N2c1cccc2sc3ccccc3c12. The van der Waals surface area contributed by atoms with Crippen molar-refractivity contribution >= 4 is 253 Å². The van der Waals surface area contributed by atoms with Crippen LogP contribution in [0.2, 0.25) is 0 Å². The fraction of sp³-hybridized carbons (Fsp3) is 0.231. The van der Waals surface area contributed by atoms with Gasteiger partial charge in [0.05, 0.1) is 42.8 Å². The molecule has 0 atom stereocenters. The molecule has 0 unspecified atom stereocenters. The molecule has 0 aliphatic carbocycles. The largest absolute Gasteiger partial charge is 0.454 e. The molecule has 4 aliphatic rings. The van der Waals surface area contributed by atoms with Crippen molar-refractivity contribution < 1.29 is 4.42 Å². The predicted molar refractivity (Wildman–Crippen MR) is 621 cm³/mol. The number of anilines is 12. The highest BCUT2D eigenvalue weighted by Crippen LogP contribution is 2.56. The summed E-state index contributed by atoms with van der Waals surface area (Å²) in [4.78, 5) is 10.1. The Labute approximate surface area is 847 Å². The lowest BCUT2D eigenvalue weighted by molar-refractivity contribution is 0.587. The van der Waals surface area contributed by atoms with Crippen LogP contribution < -0.4 is 52.4 Å². The van der Waals surface area contributed by atoms with E-state index in [0.29, 0.717) is 0 Å². The van der Waals surface area contributed by atoms with Crippen LogP contribution in [0.5, 0.6) is 0 Å². The van der Waals surface area contributed by atoms with Crippen molar-refractivity contribution in [2.75, 3.05) is 19.6 Å². The number of furan rings is 1. The second kappa shape index (κ2) is 31.4. The Bertz CT molecular complexity index is 8940. The normalized spacial score (nSPS) is 13.7. The van der Waals surface area contributed by atoms with Crippen LogP contribution in [-0.2, 0) is 37.9 Å². The molecular weight excluding hydrogens is 1780 g/mol. The first-order valence-electron chi connectivity index (χ1n) is 50.7. The van der Waals surface area contributed by atoms with E-state index in [2.05, 4.69) is 497 Å². The predicted octanol–water partition coefficient (Wildman–Crippen LogP) is 34.1. The van der Waals surface area contributed by atoms with Crippen LogP contribution >= 0.6 is 34.0 Å². The fourth-order valence-electron chi connectivity index (χ4n) is 23.6. The highest BCUT2D eigenvalue weighted by Gasteiger charge is 2.48. The van der Waals surface area contributed by atoms with Gasteiger partial charge in [0.2, 0.25) is 0 Å². The van der Waals surface area contributed by atoms with Crippen molar-refractivity contribution in [3.63, 3.8) is 0 Å². The maximum absolute atomic E-state index is 7.21. The van der Waals surface area contributed by atoms with E-state index in [1.807, 2.05) is 34.0 Å². The maximum atomic E-state index is 7.21. The molecule has 4 aliphatic heterocycles. The Morgan fingerprint density at radius 2 is 0.585 bits per heavy atom. The second-order valence-corrected chi connectivity index (χ2v) is 51.1. The van der Waals surface area contributed by atoms with Gasteiger partial charge in [0.15, 0.2) is 5.58 Å². The van der Waals surface area contributed by atoms with Gasteiger partial charge in [-0.2, -0.15) is 0 Å². The van der Waals surface area contributed by atoms with Gasteiger partial charge in [-0.3, -0.25) is 0 Å². The van der Waals surface area contributed by atoms with Crippen molar-refractivity contribution in [2.45, 2.75) is 197 Å². The van der Waals surface area contributed by atoms with Crippen molar-refractivity contribution in [1.29, 1.82) is 0 Å². The summed E-state index contributed by atoms with van der Waals surface area (Å²) < 4.78 is 20.5. The van der Waals surface area contributed by atoms with Crippen molar-refractivity contribution in [1.82, 2.24) is 9.13 Å². The molecule has 0 fully saturated rings. The Morgan fingerprint density at radius 3 is 1.00 bits per heavy atom. The zero-order chi connectivity index (χ0) is 98.3. The number of aromatic nitrogens is 2. The third-order valence-electron chi connectivity index (χ3n) is 31.1. The number of rotatable bonds is 8. The molecule has 0 spiro atoms. The first-order valence-corrected chi connectivity index (χ1v) is 53.2. The standard InChI is InChI=1S/C67H64BN3OS.C63H56BN3S2/c1-39-33-55-59-56(34-39)71-60-50(63-61(71)49-17-14-15-20-58(49)73-63)35-43(67(11,12)13)36-52(60)68(59)51-32-30-46(69(44-26-21-40(22-27-44)64(2,3)4)45-28-23-41(24-29-45)65(5,6)7)38-54(51)70(55)53-19-16-18-48-47-31-25-42(66(8,9)10)37-57(47)72-62(48)53;1-37-32-51-57-52(33-37)67-58-46(60-59(67)45-17-12-14-20-54(45)69-60)34-40(63(8,9)10)35-48(58)64(57)47-31-30-43(36-50(47)66(51)49-18-15-21-55-56(49)44-16-11-13-19-53(44)68-55)65(41-26-22-38(23-27-41)61(2,3)4)42-28-24-39(25-29-42)62(5,6)7/h14-38H,1-13H3;11-36H,1-10H3. The van der Waals surface area contributed by atoms with Gasteiger partial charge in [-0.15, -0.1) is 34.0 Å². The average Bonchev–Trinajstić information content (AvgIpc) is 1.41. The van der Waals surface area contributed by atoms with E-state index >= 15 is 0 Å². The minimum Gasteiger partial charge on any atom is -0.454 e. The van der Waals surface area contributed by atoms with Gasteiger partial charge in [0.25, 0.3) is 13.4 Å². The van der Waals surface area contributed by atoms with Crippen LogP contribution in [-0.4, -0.2) is 22.6 Å². The van der Waals surface area contributed by atoms with Gasteiger partial charge in [0, 0.05) is 130 Å². The minimum absolute atomic E-state index is 0.00693. The summed E-state index contributed by atoms with van der Waals surface area (Å²) in [5, 5.41) is 10.2. The topological polar surface area (TPSA) is 36.0 Å². The Balaban J connectivity index is 0.000000149. The summed E-state index contributed by atoms with van der Waals surface area (Å²) in [5.41, 5.74) is 43.2. The third-order valence-corrected chi connectivity index (χ3v) is 34.6. The lowest BCUT2D eigenvalue weighted by atomic mass is 9.33. The van der Waals surface area contributed by atoms with Crippen molar-refractivity contribution in [3.8, 4) is 11.4 Å².